The molecule has 2 nitrogen and oxygen atoms in total. The Kier molecular flexibility index (Phi) is 28.6. The number of unbranched alkanes of at least 4 members (excludes halogenated alkanes) is 14. The molecule has 0 saturated carbocycles. The second-order valence-electron chi connectivity index (χ2n) is 11.3. The molecule has 0 spiro atoms. The molecule has 0 aromatic heterocycles. The molecule has 0 N–H and O–H groups in total. The first-order valence-corrected chi connectivity index (χ1v) is 16.4. The van der Waals surface area contributed by atoms with Gasteiger partial charge in [0.1, 0.15) is 0 Å². The average molecular weight is 509 g/mol. The molecule has 0 saturated heterocycles. The smallest absolute Gasteiger partial charge is 0.0970 e. The number of hydrogen-bond acceptors (Lipinski definition) is 0. The number of rotatable bonds is 26. The van der Waals surface area contributed by atoms with Crippen LogP contribution < -0.4 is 0 Å². The number of quaternary nitrogens is 2. The van der Waals surface area contributed by atoms with Gasteiger partial charge in [0.15, 0.2) is 0 Å². The highest BCUT2D eigenvalue weighted by Gasteiger charge is 2.21. The molecular weight excluding hydrogens is 436 g/mol. The van der Waals surface area contributed by atoms with Gasteiger partial charge in [-0.05, 0) is 65.5 Å². The third-order valence-corrected chi connectivity index (χ3v) is 8.69. The monoisotopic (exact) mass is 509 g/mol. The van der Waals surface area contributed by atoms with Crippen LogP contribution in [0.1, 0.15) is 144 Å². The molecule has 0 aliphatic carbocycles. The molecule has 0 aromatic carbocycles. The topological polar surface area (TPSA) is 0 Å². The summed E-state index contributed by atoms with van der Waals surface area (Å²) in [5, 5.41) is 0. The first-order valence-electron chi connectivity index (χ1n) is 16.4. The highest BCUT2D eigenvalue weighted by Crippen LogP contribution is 2.14. The van der Waals surface area contributed by atoms with Gasteiger partial charge in [0.05, 0.1) is 52.4 Å². The first-order chi connectivity index (χ1) is 17.5. The van der Waals surface area contributed by atoms with E-state index in [9.17, 15) is 0 Å². The van der Waals surface area contributed by atoms with E-state index >= 15 is 0 Å². The SMILES string of the molecule is C=CC[N+](CC)(CC)CCCCCCCC.C=CC[N+](CC)(CC)CCCCCCCCCCCC. The number of nitrogens with zero attached hydrogens (tertiary/aromatic N) is 2. The Morgan fingerprint density at radius 2 is 0.639 bits per heavy atom. The van der Waals surface area contributed by atoms with E-state index in [2.05, 4.69) is 66.9 Å². The Bertz CT molecular complexity index is 448. The van der Waals surface area contributed by atoms with Crippen molar-refractivity contribution >= 4 is 0 Å². The Labute approximate surface area is 230 Å². The summed E-state index contributed by atoms with van der Waals surface area (Å²) in [7, 11) is 0. The Balaban J connectivity index is 0. The maximum atomic E-state index is 3.93. The fourth-order valence-corrected chi connectivity index (χ4v) is 5.49. The van der Waals surface area contributed by atoms with Crippen LogP contribution >= 0.6 is 0 Å². The van der Waals surface area contributed by atoms with Crippen molar-refractivity contribution in [3.8, 4) is 0 Å². The van der Waals surface area contributed by atoms with Crippen LogP contribution in [0.2, 0.25) is 0 Å². The fraction of sp³-hybridized carbons (Fsp3) is 0.882. The van der Waals surface area contributed by atoms with E-state index in [0.29, 0.717) is 0 Å². The van der Waals surface area contributed by atoms with Crippen LogP contribution in [0.25, 0.3) is 0 Å². The summed E-state index contributed by atoms with van der Waals surface area (Å²) in [4.78, 5) is 0. The Morgan fingerprint density at radius 3 is 0.861 bits per heavy atom. The second-order valence-corrected chi connectivity index (χ2v) is 11.3. The predicted octanol–water partition coefficient (Wildman–Crippen LogP) is 10.3. The summed E-state index contributed by atoms with van der Waals surface area (Å²) < 4.78 is 2.47. The van der Waals surface area contributed by atoms with Crippen molar-refractivity contribution in [2.75, 3.05) is 52.4 Å². The van der Waals surface area contributed by atoms with Gasteiger partial charge in [0.2, 0.25) is 0 Å². The van der Waals surface area contributed by atoms with Crippen molar-refractivity contribution in [2.24, 2.45) is 0 Å². The highest BCUT2D eigenvalue weighted by atomic mass is 15.3. The zero-order valence-electron chi connectivity index (χ0n) is 26.4. The van der Waals surface area contributed by atoms with Gasteiger partial charge >= 0.3 is 0 Å². The third kappa shape index (κ3) is 20.5. The number of likely N-dealkylation sites (N-methyl/N-ethyl adjacent to an activating group) is 2. The summed E-state index contributed by atoms with van der Waals surface area (Å²) >= 11 is 0. The van der Waals surface area contributed by atoms with E-state index in [-0.39, 0.29) is 0 Å². The molecule has 0 radical (unpaired) electrons. The lowest BCUT2D eigenvalue weighted by Crippen LogP contribution is -2.48. The van der Waals surface area contributed by atoms with Crippen molar-refractivity contribution < 1.29 is 8.97 Å². The largest absolute Gasteiger partial charge is 0.321 e. The Morgan fingerprint density at radius 1 is 0.389 bits per heavy atom. The molecule has 36 heavy (non-hydrogen) atoms. The van der Waals surface area contributed by atoms with Crippen molar-refractivity contribution in [1.82, 2.24) is 0 Å². The van der Waals surface area contributed by atoms with Crippen molar-refractivity contribution in [2.45, 2.75) is 144 Å². The van der Waals surface area contributed by atoms with Crippen LogP contribution in [0.5, 0.6) is 0 Å². The number of hydrogen-bond donors (Lipinski definition) is 0. The standard InChI is InChI=1S/C19H40N.C15H32N/c1-5-9-10-11-12-13-14-15-16-17-19-20(7-3,8-4)18-6-2;1-5-9-10-11-12-13-15-16(7-3,8-4)14-6-2/h6H,2,5,7-19H2,1,3-4H3;6H,2,5,7-15H2,1,3-4H3/q2*+1. The molecule has 2 heteroatoms. The summed E-state index contributed by atoms with van der Waals surface area (Å²) in [6.07, 6.45) is 26.9. The molecule has 0 unspecified atom stereocenters. The minimum atomic E-state index is 1.14. The van der Waals surface area contributed by atoms with Crippen molar-refractivity contribution in [1.29, 1.82) is 0 Å². The quantitative estimate of drug-likeness (QED) is 0.0619. The molecule has 0 aliphatic rings. The van der Waals surface area contributed by atoms with E-state index in [0.717, 1.165) is 13.1 Å². The lowest BCUT2D eigenvalue weighted by atomic mass is 10.1. The fourth-order valence-electron chi connectivity index (χ4n) is 5.49. The van der Waals surface area contributed by atoms with Crippen LogP contribution in [-0.4, -0.2) is 61.3 Å². The summed E-state index contributed by atoms with van der Waals surface area (Å²) in [5.41, 5.74) is 0. The van der Waals surface area contributed by atoms with Gasteiger partial charge < -0.3 is 8.97 Å². The maximum Gasteiger partial charge on any atom is 0.0970 e. The minimum absolute atomic E-state index is 1.14. The summed E-state index contributed by atoms with van der Waals surface area (Å²) in [5.74, 6) is 0. The Hall–Kier alpha value is -0.600. The second kappa shape index (κ2) is 27.4. The predicted molar refractivity (Wildman–Crippen MR) is 168 cm³/mol. The first kappa shape index (κ1) is 37.6. The van der Waals surface area contributed by atoms with Crippen LogP contribution in [0, 0.1) is 0 Å². The zero-order valence-corrected chi connectivity index (χ0v) is 26.4. The summed E-state index contributed by atoms with van der Waals surface area (Å²) in [6, 6.07) is 0. The van der Waals surface area contributed by atoms with E-state index < -0.39 is 0 Å². The lowest BCUT2D eigenvalue weighted by molar-refractivity contribution is -0.919. The highest BCUT2D eigenvalue weighted by molar-refractivity contribution is 4.66. The van der Waals surface area contributed by atoms with Gasteiger partial charge in [-0.25, -0.2) is 0 Å². The molecule has 0 aromatic rings. The van der Waals surface area contributed by atoms with E-state index in [1.807, 2.05) is 0 Å². The van der Waals surface area contributed by atoms with E-state index in [1.54, 1.807) is 0 Å². The van der Waals surface area contributed by atoms with Crippen LogP contribution in [0.15, 0.2) is 25.3 Å². The molecule has 0 atom stereocenters. The lowest BCUT2D eigenvalue weighted by Gasteiger charge is -2.36. The normalized spacial score (nSPS) is 11.7. The van der Waals surface area contributed by atoms with Gasteiger partial charge in [-0.15, -0.1) is 0 Å². The molecule has 0 heterocycles. The maximum absolute atomic E-state index is 3.93. The van der Waals surface area contributed by atoms with Gasteiger partial charge in [0.25, 0.3) is 0 Å². The average Bonchev–Trinajstić information content (AvgIpc) is 2.91. The minimum Gasteiger partial charge on any atom is -0.321 e. The van der Waals surface area contributed by atoms with Gasteiger partial charge in [-0.1, -0.05) is 104 Å². The van der Waals surface area contributed by atoms with E-state index in [4.69, 9.17) is 0 Å². The molecule has 0 rings (SSSR count). The van der Waals surface area contributed by atoms with Crippen molar-refractivity contribution in [3.63, 3.8) is 0 Å². The summed E-state index contributed by atoms with van der Waals surface area (Å²) in [6.45, 7) is 31.6. The van der Waals surface area contributed by atoms with Gasteiger partial charge in [-0.2, -0.15) is 0 Å². The van der Waals surface area contributed by atoms with Gasteiger partial charge in [-0.3, -0.25) is 0 Å². The van der Waals surface area contributed by atoms with Crippen LogP contribution in [-0.2, 0) is 0 Å². The molecule has 0 amide bonds. The van der Waals surface area contributed by atoms with Crippen LogP contribution in [0.4, 0.5) is 0 Å². The van der Waals surface area contributed by atoms with Gasteiger partial charge in [0, 0.05) is 0 Å². The third-order valence-electron chi connectivity index (χ3n) is 8.69. The molecular formula is C34H72N2+2. The van der Waals surface area contributed by atoms with Crippen molar-refractivity contribution in [3.05, 3.63) is 25.3 Å². The zero-order chi connectivity index (χ0) is 27.4. The van der Waals surface area contributed by atoms with Crippen LogP contribution in [0.3, 0.4) is 0 Å². The molecule has 216 valence electrons. The molecule has 0 aliphatic heterocycles. The molecule has 0 bridgehead atoms. The van der Waals surface area contributed by atoms with E-state index in [1.165, 1.54) is 151 Å². The molecule has 0 fully saturated rings.